The van der Waals surface area contributed by atoms with Crippen LogP contribution in [0.25, 0.3) is 5.65 Å². The number of esters is 1. The van der Waals surface area contributed by atoms with E-state index in [0.717, 1.165) is 4.63 Å². The molecule has 2 aromatic rings. The zero-order valence-electron chi connectivity index (χ0n) is 11.9. The number of hydrogen-bond acceptors (Lipinski definition) is 8. The lowest BCUT2D eigenvalue weighted by atomic mass is 10.2. The average Bonchev–Trinajstić information content (AvgIpc) is 2.83. The summed E-state index contributed by atoms with van der Waals surface area (Å²) in [5, 5.41) is 17.1. The SMILES string of the molecule is COC(=O)c1cc(NC(=O)OC(C)(C)C)c2nnnn2n1. The predicted molar refractivity (Wildman–Crippen MR) is 69.8 cm³/mol. The van der Waals surface area contributed by atoms with Crippen LogP contribution in [0.4, 0.5) is 10.5 Å². The lowest BCUT2D eigenvalue weighted by molar-refractivity contribution is 0.0588. The molecule has 2 heterocycles. The van der Waals surface area contributed by atoms with Crippen molar-refractivity contribution in [2.75, 3.05) is 12.4 Å². The lowest BCUT2D eigenvalue weighted by Crippen LogP contribution is -2.27. The van der Waals surface area contributed by atoms with Gasteiger partial charge in [0.15, 0.2) is 5.69 Å². The van der Waals surface area contributed by atoms with E-state index in [1.807, 2.05) is 0 Å². The van der Waals surface area contributed by atoms with Crippen molar-refractivity contribution >= 4 is 23.4 Å². The molecule has 0 radical (unpaired) electrons. The summed E-state index contributed by atoms with van der Waals surface area (Å²) in [6.45, 7) is 5.19. The second kappa shape index (κ2) is 5.31. The zero-order chi connectivity index (χ0) is 15.6. The second-order valence-corrected chi connectivity index (χ2v) is 5.05. The smallest absolute Gasteiger partial charge is 0.412 e. The van der Waals surface area contributed by atoms with Crippen molar-refractivity contribution in [1.29, 1.82) is 0 Å². The number of hydrogen-bond donors (Lipinski definition) is 1. The van der Waals surface area contributed by atoms with Crippen LogP contribution in [0, 0.1) is 0 Å². The third-order valence-corrected chi connectivity index (χ3v) is 2.21. The van der Waals surface area contributed by atoms with Crippen molar-refractivity contribution in [1.82, 2.24) is 25.3 Å². The van der Waals surface area contributed by atoms with Crippen molar-refractivity contribution in [2.24, 2.45) is 0 Å². The first-order valence-corrected chi connectivity index (χ1v) is 5.98. The molecule has 21 heavy (non-hydrogen) atoms. The Morgan fingerprint density at radius 1 is 1.33 bits per heavy atom. The second-order valence-electron chi connectivity index (χ2n) is 5.05. The van der Waals surface area contributed by atoms with E-state index in [-0.39, 0.29) is 17.0 Å². The minimum atomic E-state index is -0.700. The van der Waals surface area contributed by atoms with Crippen molar-refractivity contribution < 1.29 is 19.1 Å². The van der Waals surface area contributed by atoms with E-state index in [0.29, 0.717) is 0 Å². The van der Waals surface area contributed by atoms with Crippen LogP contribution in [0.15, 0.2) is 6.07 Å². The predicted octanol–water partition coefficient (Wildman–Crippen LogP) is 0.653. The normalized spacial score (nSPS) is 11.2. The van der Waals surface area contributed by atoms with Gasteiger partial charge in [0.05, 0.1) is 12.8 Å². The van der Waals surface area contributed by atoms with Gasteiger partial charge >= 0.3 is 12.1 Å². The summed E-state index contributed by atoms with van der Waals surface area (Å²) in [5.74, 6) is -0.681. The molecular weight excluding hydrogens is 280 g/mol. The fraction of sp³-hybridized carbons (Fsp3) is 0.455. The van der Waals surface area contributed by atoms with E-state index in [2.05, 4.69) is 30.7 Å². The molecule has 1 N–H and O–H groups in total. The van der Waals surface area contributed by atoms with Crippen LogP contribution >= 0.6 is 0 Å². The number of ether oxygens (including phenoxy) is 2. The average molecular weight is 294 g/mol. The zero-order valence-corrected chi connectivity index (χ0v) is 11.9. The Kier molecular flexibility index (Phi) is 3.70. The number of aromatic nitrogens is 5. The molecular formula is C11H14N6O4. The Balaban J connectivity index is 2.35. The number of tetrazole rings is 1. The molecule has 0 aromatic carbocycles. The van der Waals surface area contributed by atoms with Crippen LogP contribution in [0.2, 0.25) is 0 Å². The highest BCUT2D eigenvalue weighted by Gasteiger charge is 2.20. The molecule has 10 nitrogen and oxygen atoms in total. The maximum absolute atomic E-state index is 11.8. The summed E-state index contributed by atoms with van der Waals surface area (Å²) in [6, 6.07) is 1.31. The van der Waals surface area contributed by atoms with Gasteiger partial charge in [-0.15, -0.1) is 14.8 Å². The van der Waals surface area contributed by atoms with E-state index in [9.17, 15) is 9.59 Å². The van der Waals surface area contributed by atoms with E-state index in [1.165, 1.54) is 13.2 Å². The van der Waals surface area contributed by atoms with Gasteiger partial charge in [-0.25, -0.2) is 9.59 Å². The molecule has 112 valence electrons. The Morgan fingerprint density at radius 3 is 2.67 bits per heavy atom. The van der Waals surface area contributed by atoms with Gasteiger partial charge < -0.3 is 9.47 Å². The van der Waals surface area contributed by atoms with Crippen LogP contribution < -0.4 is 5.32 Å². The van der Waals surface area contributed by atoms with Gasteiger partial charge in [0, 0.05) is 6.07 Å². The van der Waals surface area contributed by atoms with Gasteiger partial charge in [-0.2, -0.15) is 0 Å². The number of rotatable bonds is 2. The largest absolute Gasteiger partial charge is 0.464 e. The van der Waals surface area contributed by atoms with Gasteiger partial charge in [-0.05, 0) is 31.2 Å². The molecule has 0 fully saturated rings. The first-order valence-electron chi connectivity index (χ1n) is 5.98. The number of nitrogens with one attached hydrogen (secondary N) is 1. The number of anilines is 1. The van der Waals surface area contributed by atoms with Crippen molar-refractivity contribution in [3.05, 3.63) is 11.8 Å². The molecule has 0 bridgehead atoms. The van der Waals surface area contributed by atoms with E-state index in [1.54, 1.807) is 20.8 Å². The standard InChI is InChI=1S/C11H14N6O4/c1-11(2,3)21-10(19)12-6-5-7(9(18)20-4)14-17-8(6)13-15-16-17/h5H,1-4H3,(H,12,19). The molecule has 0 unspecified atom stereocenters. The van der Waals surface area contributed by atoms with Gasteiger partial charge in [0.1, 0.15) is 5.60 Å². The van der Waals surface area contributed by atoms with E-state index >= 15 is 0 Å². The minimum absolute atomic E-state index is 0.0524. The molecule has 0 atom stereocenters. The fourth-order valence-electron chi connectivity index (χ4n) is 1.45. The minimum Gasteiger partial charge on any atom is -0.464 e. The number of fused-ring (bicyclic) bond motifs is 1. The third-order valence-electron chi connectivity index (χ3n) is 2.21. The van der Waals surface area contributed by atoms with Crippen LogP contribution in [-0.2, 0) is 9.47 Å². The van der Waals surface area contributed by atoms with Gasteiger partial charge in [0.25, 0.3) is 0 Å². The van der Waals surface area contributed by atoms with Crippen LogP contribution in [-0.4, -0.2) is 50.0 Å². The lowest BCUT2D eigenvalue weighted by Gasteiger charge is -2.19. The first-order chi connectivity index (χ1) is 9.80. The molecule has 10 heteroatoms. The Bertz CT molecular complexity index is 690. The molecule has 2 rings (SSSR count). The van der Waals surface area contributed by atoms with Crippen LogP contribution in [0.5, 0.6) is 0 Å². The highest BCUT2D eigenvalue weighted by molar-refractivity contribution is 5.93. The topological polar surface area (TPSA) is 121 Å². The number of carbonyl (C=O) groups is 2. The van der Waals surface area contributed by atoms with Gasteiger partial charge in [0.2, 0.25) is 5.65 Å². The van der Waals surface area contributed by atoms with Crippen LogP contribution in [0.3, 0.4) is 0 Å². The van der Waals surface area contributed by atoms with Gasteiger partial charge in [-0.1, -0.05) is 0 Å². The van der Waals surface area contributed by atoms with Crippen molar-refractivity contribution in [3.8, 4) is 0 Å². The fourth-order valence-corrected chi connectivity index (χ4v) is 1.45. The summed E-state index contributed by atoms with van der Waals surface area (Å²) >= 11 is 0. The summed E-state index contributed by atoms with van der Waals surface area (Å²) < 4.78 is 10.7. The van der Waals surface area contributed by atoms with E-state index in [4.69, 9.17) is 4.74 Å². The van der Waals surface area contributed by atoms with Crippen LogP contribution in [0.1, 0.15) is 31.3 Å². The molecule has 0 saturated heterocycles. The number of carbonyl (C=O) groups excluding carboxylic acids is 2. The monoisotopic (exact) mass is 294 g/mol. The maximum Gasteiger partial charge on any atom is 0.412 e. The number of methoxy groups -OCH3 is 1. The molecule has 0 spiro atoms. The first kappa shape index (κ1) is 14.6. The van der Waals surface area contributed by atoms with Crippen molar-refractivity contribution in [2.45, 2.75) is 26.4 Å². The number of nitrogens with zero attached hydrogens (tertiary/aromatic N) is 5. The summed E-state index contributed by atoms with van der Waals surface area (Å²) in [4.78, 5) is 23.3. The summed E-state index contributed by atoms with van der Waals surface area (Å²) in [7, 11) is 1.22. The molecule has 2 aromatic heterocycles. The summed E-state index contributed by atoms with van der Waals surface area (Å²) in [6.07, 6.45) is -0.700. The molecule has 0 saturated carbocycles. The third kappa shape index (κ3) is 3.41. The maximum atomic E-state index is 11.8. The van der Waals surface area contributed by atoms with E-state index < -0.39 is 17.7 Å². The number of amides is 1. The highest BCUT2D eigenvalue weighted by atomic mass is 16.6. The quantitative estimate of drug-likeness (QED) is 0.801. The molecule has 0 aliphatic carbocycles. The Morgan fingerprint density at radius 2 is 2.05 bits per heavy atom. The molecule has 0 aliphatic rings. The Hall–Kier alpha value is -2.78. The van der Waals surface area contributed by atoms with Gasteiger partial charge in [-0.3, -0.25) is 5.32 Å². The molecule has 1 amide bonds. The highest BCUT2D eigenvalue weighted by Crippen LogP contribution is 2.16. The molecule has 0 aliphatic heterocycles. The van der Waals surface area contributed by atoms with Crippen molar-refractivity contribution in [3.63, 3.8) is 0 Å². The Labute approximate surface area is 119 Å². The summed E-state index contributed by atoms with van der Waals surface area (Å²) in [5.41, 5.74) is -0.355.